The Morgan fingerprint density at radius 3 is 2.04 bits per heavy atom. The minimum absolute atomic E-state index is 0.0520. The number of carbonyl (C=O) groups is 2. The number of benzene rings is 2. The molecule has 2 amide bonds. The van der Waals surface area contributed by atoms with E-state index < -0.39 is 6.04 Å². The van der Waals surface area contributed by atoms with Gasteiger partial charge in [-0.2, -0.15) is 0 Å². The molecule has 4 nitrogen and oxygen atoms in total. The van der Waals surface area contributed by atoms with Crippen molar-refractivity contribution in [3.63, 3.8) is 0 Å². The van der Waals surface area contributed by atoms with Gasteiger partial charge in [-0.1, -0.05) is 60.7 Å². The van der Waals surface area contributed by atoms with Crippen LogP contribution in [0.3, 0.4) is 0 Å². The number of nitrogens with zero attached hydrogens (tertiary/aromatic N) is 1. The fourth-order valence-corrected chi connectivity index (χ4v) is 2.56. The molecular weight excluding hydrogens is 300 g/mol. The first-order chi connectivity index (χ1) is 11.6. The molecule has 126 valence electrons. The Hall–Kier alpha value is -2.62. The molecule has 2 rings (SSSR count). The highest BCUT2D eigenvalue weighted by atomic mass is 16.2. The molecule has 2 aromatic rings. The average Bonchev–Trinajstić information content (AvgIpc) is 2.61. The Labute approximate surface area is 143 Å². The van der Waals surface area contributed by atoms with E-state index in [0.717, 1.165) is 11.1 Å². The zero-order valence-corrected chi connectivity index (χ0v) is 14.2. The van der Waals surface area contributed by atoms with Crippen LogP contribution in [0, 0.1) is 0 Å². The highest BCUT2D eigenvalue weighted by molar-refractivity contribution is 5.88. The van der Waals surface area contributed by atoms with Gasteiger partial charge in [0, 0.05) is 13.1 Å². The lowest BCUT2D eigenvalue weighted by molar-refractivity contribution is -0.140. The van der Waals surface area contributed by atoms with Crippen molar-refractivity contribution in [3.05, 3.63) is 71.8 Å². The highest BCUT2D eigenvalue weighted by Gasteiger charge is 2.25. The molecule has 1 atom stereocenters. The van der Waals surface area contributed by atoms with Gasteiger partial charge in [-0.3, -0.25) is 9.59 Å². The Morgan fingerprint density at radius 1 is 0.958 bits per heavy atom. The fraction of sp³-hybridized carbons (Fsp3) is 0.300. The van der Waals surface area contributed by atoms with Crippen molar-refractivity contribution >= 4 is 11.8 Å². The van der Waals surface area contributed by atoms with E-state index in [4.69, 9.17) is 0 Å². The van der Waals surface area contributed by atoms with Crippen LogP contribution >= 0.6 is 0 Å². The molecule has 0 unspecified atom stereocenters. The summed E-state index contributed by atoms with van der Waals surface area (Å²) in [5.41, 5.74) is 1.96. The van der Waals surface area contributed by atoms with Crippen LogP contribution in [0.4, 0.5) is 0 Å². The quantitative estimate of drug-likeness (QED) is 0.851. The first kappa shape index (κ1) is 17.7. The number of amides is 2. The molecule has 0 fully saturated rings. The van der Waals surface area contributed by atoms with Gasteiger partial charge in [-0.25, -0.2) is 0 Å². The summed E-state index contributed by atoms with van der Waals surface area (Å²) in [6.45, 7) is 4.62. The maximum Gasteiger partial charge on any atom is 0.242 e. The van der Waals surface area contributed by atoms with Gasteiger partial charge in [0.25, 0.3) is 0 Å². The first-order valence-corrected chi connectivity index (χ1v) is 8.26. The molecule has 0 saturated heterocycles. The van der Waals surface area contributed by atoms with E-state index in [0.29, 0.717) is 13.1 Å². The van der Waals surface area contributed by atoms with Crippen LogP contribution in [0.2, 0.25) is 0 Å². The van der Waals surface area contributed by atoms with Gasteiger partial charge >= 0.3 is 0 Å². The van der Waals surface area contributed by atoms with Crippen LogP contribution in [-0.4, -0.2) is 29.3 Å². The fourth-order valence-electron chi connectivity index (χ4n) is 2.56. The monoisotopic (exact) mass is 324 g/mol. The molecule has 4 heteroatoms. The third-order valence-electron chi connectivity index (χ3n) is 3.91. The minimum atomic E-state index is -0.513. The van der Waals surface area contributed by atoms with Gasteiger partial charge in [-0.15, -0.1) is 0 Å². The van der Waals surface area contributed by atoms with Crippen LogP contribution in [0.1, 0.15) is 25.0 Å². The van der Waals surface area contributed by atoms with Crippen LogP contribution in [0.5, 0.6) is 0 Å². The molecule has 0 radical (unpaired) electrons. The van der Waals surface area contributed by atoms with Gasteiger partial charge in [0.05, 0.1) is 6.42 Å². The lowest BCUT2D eigenvalue weighted by Gasteiger charge is -2.28. The highest BCUT2D eigenvalue weighted by Crippen LogP contribution is 2.12. The Balaban J connectivity index is 2.17. The first-order valence-electron chi connectivity index (χ1n) is 8.26. The molecule has 1 N–H and O–H groups in total. The van der Waals surface area contributed by atoms with E-state index >= 15 is 0 Å². The molecule has 2 aromatic carbocycles. The van der Waals surface area contributed by atoms with Gasteiger partial charge in [-0.05, 0) is 25.0 Å². The van der Waals surface area contributed by atoms with Crippen LogP contribution < -0.4 is 5.32 Å². The van der Waals surface area contributed by atoms with Crippen molar-refractivity contribution in [2.24, 2.45) is 0 Å². The number of carbonyl (C=O) groups excluding carboxylic acids is 2. The maximum atomic E-state index is 12.8. The summed E-state index contributed by atoms with van der Waals surface area (Å²) < 4.78 is 0. The van der Waals surface area contributed by atoms with Crippen molar-refractivity contribution < 1.29 is 9.59 Å². The largest absolute Gasteiger partial charge is 0.355 e. The summed E-state index contributed by atoms with van der Waals surface area (Å²) in [5, 5.41) is 2.80. The van der Waals surface area contributed by atoms with Crippen molar-refractivity contribution in [1.29, 1.82) is 0 Å². The number of nitrogens with one attached hydrogen (secondary N) is 1. The molecule has 0 aromatic heterocycles. The molecule has 0 bridgehead atoms. The molecule has 0 aliphatic heterocycles. The van der Waals surface area contributed by atoms with Crippen molar-refractivity contribution in [2.75, 3.05) is 6.54 Å². The summed E-state index contributed by atoms with van der Waals surface area (Å²) >= 11 is 0. The smallest absolute Gasteiger partial charge is 0.242 e. The lowest BCUT2D eigenvalue weighted by Crippen LogP contribution is -2.48. The molecule has 0 saturated carbocycles. The number of likely N-dealkylation sites (N-methyl/N-ethyl adjacent to an activating group) is 1. The van der Waals surface area contributed by atoms with Gasteiger partial charge in [0.2, 0.25) is 11.8 Å². The third kappa shape index (κ3) is 4.95. The number of rotatable bonds is 7. The molecule has 0 aliphatic carbocycles. The standard InChI is InChI=1S/C20H24N2O2/c1-3-21-20(24)16(2)22(15-18-12-8-5-9-13-18)19(23)14-17-10-6-4-7-11-17/h4-13,16H,3,14-15H2,1-2H3,(H,21,24)/t16-/m0/s1. The minimum Gasteiger partial charge on any atom is -0.355 e. The van der Waals surface area contributed by atoms with E-state index in [2.05, 4.69) is 5.32 Å². The van der Waals surface area contributed by atoms with E-state index in [9.17, 15) is 9.59 Å². The normalized spacial score (nSPS) is 11.6. The molecule has 24 heavy (non-hydrogen) atoms. The summed E-state index contributed by atoms with van der Waals surface area (Å²) in [6, 6.07) is 18.8. The average molecular weight is 324 g/mol. The Bertz CT molecular complexity index is 656. The summed E-state index contributed by atoms with van der Waals surface area (Å²) in [7, 11) is 0. The zero-order valence-electron chi connectivity index (χ0n) is 14.2. The van der Waals surface area contributed by atoms with E-state index in [-0.39, 0.29) is 18.2 Å². The second-order valence-corrected chi connectivity index (χ2v) is 5.74. The van der Waals surface area contributed by atoms with Crippen molar-refractivity contribution in [3.8, 4) is 0 Å². The maximum absolute atomic E-state index is 12.8. The van der Waals surface area contributed by atoms with Crippen molar-refractivity contribution in [2.45, 2.75) is 32.9 Å². The van der Waals surface area contributed by atoms with Crippen molar-refractivity contribution in [1.82, 2.24) is 10.2 Å². The predicted molar refractivity (Wildman–Crippen MR) is 95.3 cm³/mol. The third-order valence-corrected chi connectivity index (χ3v) is 3.91. The Morgan fingerprint density at radius 2 is 1.50 bits per heavy atom. The zero-order chi connectivity index (χ0) is 17.4. The van der Waals surface area contributed by atoms with E-state index in [1.165, 1.54) is 0 Å². The van der Waals surface area contributed by atoms with Crippen LogP contribution in [0.15, 0.2) is 60.7 Å². The summed E-state index contributed by atoms with van der Waals surface area (Å²) in [4.78, 5) is 26.7. The van der Waals surface area contributed by atoms with Gasteiger partial charge in [0.1, 0.15) is 6.04 Å². The molecular formula is C20H24N2O2. The predicted octanol–water partition coefficient (Wildman–Crippen LogP) is 2.78. The SMILES string of the molecule is CCNC(=O)[C@H](C)N(Cc1ccccc1)C(=O)Cc1ccccc1. The van der Waals surface area contributed by atoms with Crippen LogP contribution in [-0.2, 0) is 22.6 Å². The molecule has 0 spiro atoms. The second-order valence-electron chi connectivity index (χ2n) is 5.74. The Kier molecular flexibility index (Phi) is 6.55. The number of hydrogen-bond donors (Lipinski definition) is 1. The van der Waals surface area contributed by atoms with Gasteiger partial charge in [0.15, 0.2) is 0 Å². The van der Waals surface area contributed by atoms with Gasteiger partial charge < -0.3 is 10.2 Å². The summed E-state index contributed by atoms with van der Waals surface area (Å²) in [5.74, 6) is -0.182. The number of hydrogen-bond acceptors (Lipinski definition) is 2. The topological polar surface area (TPSA) is 49.4 Å². The molecule has 0 heterocycles. The lowest BCUT2D eigenvalue weighted by atomic mass is 10.1. The van der Waals surface area contributed by atoms with E-state index in [1.54, 1.807) is 11.8 Å². The van der Waals surface area contributed by atoms with E-state index in [1.807, 2.05) is 67.6 Å². The van der Waals surface area contributed by atoms with Crippen LogP contribution in [0.25, 0.3) is 0 Å². The molecule has 0 aliphatic rings. The summed E-state index contributed by atoms with van der Waals surface area (Å²) in [6.07, 6.45) is 0.289. The second kappa shape index (κ2) is 8.87.